The van der Waals surface area contributed by atoms with Gasteiger partial charge in [0.15, 0.2) is 0 Å². The van der Waals surface area contributed by atoms with Crippen molar-refractivity contribution in [2.75, 3.05) is 40.3 Å². The summed E-state index contributed by atoms with van der Waals surface area (Å²) in [5.74, 6) is 0. The van der Waals surface area contributed by atoms with Crippen molar-refractivity contribution in [3.63, 3.8) is 0 Å². The largest absolute Gasteiger partial charge is 0.326 e. The van der Waals surface area contributed by atoms with Crippen LogP contribution in [0.4, 0.5) is 4.79 Å². The Hall–Kier alpha value is -2.28. The monoisotopic (exact) mass is 343 g/mol. The number of para-hydroxylation sites is 2. The summed E-state index contributed by atoms with van der Waals surface area (Å²) >= 11 is 0. The third kappa shape index (κ3) is 2.82. The topological polar surface area (TPSA) is 64.6 Å². The van der Waals surface area contributed by atoms with Gasteiger partial charge in [0.2, 0.25) is 0 Å². The summed E-state index contributed by atoms with van der Waals surface area (Å²) in [7, 11) is 3.73. The van der Waals surface area contributed by atoms with Gasteiger partial charge in [-0.1, -0.05) is 12.1 Å². The minimum atomic E-state index is -0.0117. The molecular formula is C18H25N5O2. The fourth-order valence-corrected chi connectivity index (χ4v) is 4.31. The van der Waals surface area contributed by atoms with Crippen LogP contribution < -0.4 is 5.69 Å². The quantitative estimate of drug-likeness (QED) is 0.895. The number of nitrogens with one attached hydrogen (secondary N) is 1. The highest BCUT2D eigenvalue weighted by atomic mass is 16.2. The Morgan fingerprint density at radius 1 is 0.960 bits per heavy atom. The summed E-state index contributed by atoms with van der Waals surface area (Å²) in [6.45, 7) is 3.47. The van der Waals surface area contributed by atoms with Gasteiger partial charge in [-0.15, -0.1) is 0 Å². The number of aromatic amines is 1. The molecule has 2 aliphatic rings. The van der Waals surface area contributed by atoms with Crippen LogP contribution in [0.3, 0.4) is 0 Å². The third-order valence-corrected chi connectivity index (χ3v) is 5.63. The normalized spacial score (nSPS) is 21.4. The summed E-state index contributed by atoms with van der Waals surface area (Å²) in [5, 5.41) is 0. The maximum absolute atomic E-state index is 12.4. The Bertz CT molecular complexity index is 819. The van der Waals surface area contributed by atoms with Crippen molar-refractivity contribution in [2.24, 2.45) is 0 Å². The van der Waals surface area contributed by atoms with Gasteiger partial charge in [0.1, 0.15) is 0 Å². The van der Waals surface area contributed by atoms with Gasteiger partial charge in [0.25, 0.3) is 0 Å². The van der Waals surface area contributed by atoms with Crippen LogP contribution in [0, 0.1) is 0 Å². The first-order chi connectivity index (χ1) is 12.0. The van der Waals surface area contributed by atoms with E-state index >= 15 is 0 Å². The molecule has 1 aromatic carbocycles. The van der Waals surface area contributed by atoms with Gasteiger partial charge < -0.3 is 14.8 Å². The van der Waals surface area contributed by atoms with Crippen LogP contribution in [0.2, 0.25) is 0 Å². The molecule has 1 aromatic heterocycles. The highest BCUT2D eigenvalue weighted by molar-refractivity contribution is 5.75. The Labute approximate surface area is 146 Å². The summed E-state index contributed by atoms with van der Waals surface area (Å²) in [5.41, 5.74) is 1.89. The van der Waals surface area contributed by atoms with Gasteiger partial charge in [-0.3, -0.25) is 9.47 Å². The number of urea groups is 1. The molecule has 2 aromatic rings. The molecule has 0 aliphatic carbocycles. The number of benzene rings is 1. The van der Waals surface area contributed by atoms with E-state index in [0.29, 0.717) is 6.04 Å². The van der Waals surface area contributed by atoms with Crippen LogP contribution in [0.15, 0.2) is 29.1 Å². The van der Waals surface area contributed by atoms with Crippen molar-refractivity contribution >= 4 is 17.1 Å². The highest BCUT2D eigenvalue weighted by Gasteiger charge is 2.33. The van der Waals surface area contributed by atoms with Gasteiger partial charge in [-0.25, -0.2) is 9.59 Å². The third-order valence-electron chi connectivity index (χ3n) is 5.63. The van der Waals surface area contributed by atoms with Gasteiger partial charge in [-0.2, -0.15) is 0 Å². The van der Waals surface area contributed by atoms with Crippen molar-refractivity contribution in [3.05, 3.63) is 34.7 Å². The smallest absolute Gasteiger partial charge is 0.326 e. The molecule has 7 heteroatoms. The van der Waals surface area contributed by atoms with Crippen LogP contribution in [-0.4, -0.2) is 76.6 Å². The lowest BCUT2D eigenvalue weighted by atomic mass is 10.0. The second-order valence-corrected chi connectivity index (χ2v) is 7.28. The number of piperidine rings is 1. The van der Waals surface area contributed by atoms with E-state index in [4.69, 9.17) is 0 Å². The number of H-pyrrole nitrogens is 1. The second-order valence-electron chi connectivity index (χ2n) is 7.28. The van der Waals surface area contributed by atoms with Gasteiger partial charge >= 0.3 is 11.7 Å². The number of hydrogen-bond acceptors (Lipinski definition) is 3. The molecule has 7 nitrogen and oxygen atoms in total. The lowest BCUT2D eigenvalue weighted by Gasteiger charge is -2.44. The van der Waals surface area contributed by atoms with Crippen molar-refractivity contribution in [1.82, 2.24) is 24.3 Å². The zero-order chi connectivity index (χ0) is 17.6. The second kappa shape index (κ2) is 6.22. The minimum Gasteiger partial charge on any atom is -0.326 e. The molecule has 4 rings (SSSR count). The fraction of sp³-hybridized carbons (Fsp3) is 0.556. The number of likely N-dealkylation sites (N-methyl/N-ethyl adjacent to an activating group) is 2. The van der Waals surface area contributed by atoms with Crippen LogP contribution >= 0.6 is 0 Å². The molecule has 134 valence electrons. The molecule has 3 heterocycles. The lowest BCUT2D eigenvalue weighted by Crippen LogP contribution is -2.59. The Morgan fingerprint density at radius 2 is 1.60 bits per heavy atom. The standard InChI is InChI=1S/C18H25N5O2/c1-20-11-14(12-21(2)18(20)25)22-9-7-13(8-10-22)23-16-6-4-3-5-15(16)19-17(23)24/h3-6,13-14H,7-12H2,1-2H3,(H,19,24). The molecule has 2 aliphatic heterocycles. The number of imidazole rings is 1. The van der Waals surface area contributed by atoms with E-state index in [1.165, 1.54) is 0 Å². The van der Waals surface area contributed by atoms with Crippen LogP contribution in [-0.2, 0) is 0 Å². The number of nitrogens with zero attached hydrogens (tertiary/aromatic N) is 4. The SMILES string of the molecule is CN1CC(N2CCC(n3c(=O)[nH]c4ccccc43)CC2)CN(C)C1=O. The Morgan fingerprint density at radius 3 is 2.28 bits per heavy atom. The van der Waals surface area contributed by atoms with Crippen molar-refractivity contribution < 1.29 is 4.79 Å². The summed E-state index contributed by atoms with van der Waals surface area (Å²) < 4.78 is 1.93. The first kappa shape index (κ1) is 16.2. The van der Waals surface area contributed by atoms with E-state index in [1.807, 2.05) is 42.9 Å². The van der Waals surface area contributed by atoms with E-state index < -0.39 is 0 Å². The predicted molar refractivity (Wildman–Crippen MR) is 96.8 cm³/mol. The molecule has 0 unspecified atom stereocenters. The number of aromatic nitrogens is 2. The summed E-state index contributed by atoms with van der Waals surface area (Å²) in [4.78, 5) is 33.3. The lowest BCUT2D eigenvalue weighted by molar-refractivity contribution is 0.0640. The zero-order valence-corrected chi connectivity index (χ0v) is 14.8. The molecular weight excluding hydrogens is 318 g/mol. The number of carbonyl (C=O) groups is 1. The van der Waals surface area contributed by atoms with E-state index in [9.17, 15) is 9.59 Å². The van der Waals surface area contributed by atoms with Crippen LogP contribution in [0.5, 0.6) is 0 Å². The Kier molecular flexibility index (Phi) is 4.03. The molecule has 2 amide bonds. The van der Waals surface area contributed by atoms with Crippen LogP contribution in [0.25, 0.3) is 11.0 Å². The minimum absolute atomic E-state index is 0.0117. The fourth-order valence-electron chi connectivity index (χ4n) is 4.31. The van der Waals surface area contributed by atoms with E-state index in [1.54, 1.807) is 9.80 Å². The van der Waals surface area contributed by atoms with E-state index in [-0.39, 0.29) is 17.8 Å². The van der Waals surface area contributed by atoms with E-state index in [0.717, 1.165) is 50.1 Å². The predicted octanol–water partition coefficient (Wildman–Crippen LogP) is 1.33. The number of rotatable bonds is 2. The highest BCUT2D eigenvalue weighted by Crippen LogP contribution is 2.26. The molecule has 0 bridgehead atoms. The molecule has 25 heavy (non-hydrogen) atoms. The van der Waals surface area contributed by atoms with Crippen molar-refractivity contribution in [1.29, 1.82) is 0 Å². The molecule has 1 N–H and O–H groups in total. The molecule has 0 spiro atoms. The number of carbonyl (C=O) groups excluding carboxylic acids is 1. The van der Waals surface area contributed by atoms with E-state index in [2.05, 4.69) is 9.88 Å². The zero-order valence-electron chi connectivity index (χ0n) is 14.8. The molecule has 0 atom stereocenters. The maximum Gasteiger partial charge on any atom is 0.326 e. The number of amides is 2. The first-order valence-corrected chi connectivity index (χ1v) is 8.94. The first-order valence-electron chi connectivity index (χ1n) is 8.94. The molecule has 0 radical (unpaired) electrons. The van der Waals surface area contributed by atoms with Gasteiger partial charge in [0.05, 0.1) is 11.0 Å². The number of hydrogen-bond donors (Lipinski definition) is 1. The number of fused-ring (bicyclic) bond motifs is 1. The van der Waals surface area contributed by atoms with Gasteiger partial charge in [0, 0.05) is 52.4 Å². The van der Waals surface area contributed by atoms with Gasteiger partial charge in [-0.05, 0) is 25.0 Å². The Balaban J connectivity index is 1.47. The van der Waals surface area contributed by atoms with Crippen molar-refractivity contribution in [2.45, 2.75) is 24.9 Å². The summed E-state index contributed by atoms with van der Waals surface area (Å²) in [6, 6.07) is 8.59. The molecule has 2 fully saturated rings. The molecule has 0 saturated carbocycles. The molecule has 2 saturated heterocycles. The average molecular weight is 343 g/mol. The van der Waals surface area contributed by atoms with Crippen molar-refractivity contribution in [3.8, 4) is 0 Å². The average Bonchev–Trinajstić information content (AvgIpc) is 2.95. The summed E-state index contributed by atoms with van der Waals surface area (Å²) in [6.07, 6.45) is 1.92. The maximum atomic E-state index is 12.4. The number of likely N-dealkylation sites (tertiary alicyclic amines) is 1. The van der Waals surface area contributed by atoms with Crippen LogP contribution in [0.1, 0.15) is 18.9 Å².